The average molecular weight is 367 g/mol. The number of nitrogens with zero attached hydrogens (tertiary/aromatic N) is 1. The number of fused-ring (bicyclic) bond motifs is 1. The van der Waals surface area contributed by atoms with Gasteiger partial charge in [-0.15, -0.1) is 0 Å². The Morgan fingerprint density at radius 2 is 1.95 bits per heavy atom. The Bertz CT molecular complexity index is 524. The lowest BCUT2D eigenvalue weighted by atomic mass is 9.87. The number of anilines is 1. The number of nitrogens with one attached hydrogen (secondary N) is 1. The molecule has 0 aliphatic heterocycles. The lowest BCUT2D eigenvalue weighted by molar-refractivity contribution is -0.114. The fraction of sp³-hybridized carbons (Fsp3) is 0.611. The maximum absolute atomic E-state index is 11.3. The van der Waals surface area contributed by atoms with E-state index in [0.717, 1.165) is 23.0 Å². The minimum absolute atomic E-state index is 0.0218. The van der Waals surface area contributed by atoms with Crippen molar-refractivity contribution in [2.75, 3.05) is 18.4 Å². The van der Waals surface area contributed by atoms with Crippen LogP contribution in [-0.2, 0) is 17.6 Å². The van der Waals surface area contributed by atoms with Crippen molar-refractivity contribution in [3.63, 3.8) is 0 Å². The molecule has 1 atom stereocenters. The molecule has 1 aliphatic rings. The Morgan fingerprint density at radius 3 is 2.55 bits per heavy atom. The summed E-state index contributed by atoms with van der Waals surface area (Å²) in [7, 11) is 0. The van der Waals surface area contributed by atoms with Gasteiger partial charge in [-0.25, -0.2) is 0 Å². The van der Waals surface area contributed by atoms with Crippen molar-refractivity contribution < 1.29 is 4.79 Å². The van der Waals surface area contributed by atoms with Gasteiger partial charge in [-0.1, -0.05) is 13.8 Å². The highest BCUT2D eigenvalue weighted by molar-refractivity contribution is 9.10. The van der Waals surface area contributed by atoms with E-state index in [4.69, 9.17) is 0 Å². The van der Waals surface area contributed by atoms with Gasteiger partial charge in [-0.05, 0) is 84.4 Å². The van der Waals surface area contributed by atoms with Crippen LogP contribution in [0.15, 0.2) is 16.6 Å². The van der Waals surface area contributed by atoms with Crippen LogP contribution in [0.2, 0.25) is 0 Å². The number of hydrogen-bond donors (Lipinski definition) is 1. The van der Waals surface area contributed by atoms with Crippen molar-refractivity contribution >= 4 is 27.5 Å². The van der Waals surface area contributed by atoms with Gasteiger partial charge in [0, 0.05) is 17.4 Å². The monoisotopic (exact) mass is 366 g/mol. The molecular formula is C18H27BrN2O. The second-order valence-electron chi connectivity index (χ2n) is 6.21. The first-order valence-electron chi connectivity index (χ1n) is 8.38. The van der Waals surface area contributed by atoms with Gasteiger partial charge in [0.1, 0.15) is 0 Å². The number of hydrogen-bond acceptors (Lipinski definition) is 2. The number of carbonyl (C=O) groups excluding carboxylic acids is 1. The predicted octanol–water partition coefficient (Wildman–Crippen LogP) is 4.39. The molecule has 2 rings (SSSR count). The van der Waals surface area contributed by atoms with Gasteiger partial charge in [-0.2, -0.15) is 0 Å². The Hall–Kier alpha value is -0.870. The van der Waals surface area contributed by atoms with E-state index in [1.165, 1.54) is 43.5 Å². The fourth-order valence-electron chi connectivity index (χ4n) is 3.41. The highest BCUT2D eigenvalue weighted by Gasteiger charge is 2.24. The molecule has 0 saturated carbocycles. The van der Waals surface area contributed by atoms with Gasteiger partial charge in [0.15, 0.2) is 0 Å². The summed E-state index contributed by atoms with van der Waals surface area (Å²) in [5, 5.41) is 2.90. The number of benzene rings is 1. The Morgan fingerprint density at radius 1 is 1.27 bits per heavy atom. The predicted molar refractivity (Wildman–Crippen MR) is 96.4 cm³/mol. The Balaban J connectivity index is 2.16. The highest BCUT2D eigenvalue weighted by atomic mass is 79.9. The molecule has 4 heteroatoms. The Labute approximate surface area is 142 Å². The van der Waals surface area contributed by atoms with Crippen LogP contribution in [0.3, 0.4) is 0 Å². The third kappa shape index (κ3) is 4.32. The molecule has 3 nitrogen and oxygen atoms in total. The molecule has 0 bridgehead atoms. The van der Waals surface area contributed by atoms with Crippen LogP contribution in [0.25, 0.3) is 0 Å². The Kier molecular flexibility index (Phi) is 6.45. The normalized spacial score (nSPS) is 17.4. The van der Waals surface area contributed by atoms with Crippen molar-refractivity contribution in [3.8, 4) is 0 Å². The molecule has 22 heavy (non-hydrogen) atoms. The van der Waals surface area contributed by atoms with Crippen molar-refractivity contribution in [3.05, 3.63) is 27.7 Å². The molecular weight excluding hydrogens is 340 g/mol. The fourth-order valence-corrected chi connectivity index (χ4v) is 3.90. The summed E-state index contributed by atoms with van der Waals surface area (Å²) in [5.41, 5.74) is 3.70. The van der Waals surface area contributed by atoms with E-state index in [1.807, 2.05) is 0 Å². The molecule has 1 N–H and O–H groups in total. The molecule has 0 aromatic heterocycles. The second-order valence-corrected chi connectivity index (χ2v) is 7.07. The summed E-state index contributed by atoms with van der Waals surface area (Å²) in [5.74, 6) is -0.0218. The maximum atomic E-state index is 11.3. The molecule has 0 heterocycles. The van der Waals surface area contributed by atoms with Gasteiger partial charge in [0.25, 0.3) is 0 Å². The van der Waals surface area contributed by atoms with Crippen LogP contribution in [0, 0.1) is 0 Å². The van der Waals surface area contributed by atoms with Gasteiger partial charge in [-0.3, -0.25) is 4.79 Å². The van der Waals surface area contributed by atoms with Crippen molar-refractivity contribution in [2.45, 2.75) is 58.9 Å². The number of halogens is 1. The summed E-state index contributed by atoms with van der Waals surface area (Å²) in [6.07, 6.45) is 5.87. The van der Waals surface area contributed by atoms with Crippen LogP contribution < -0.4 is 5.32 Å². The highest BCUT2D eigenvalue weighted by Crippen LogP contribution is 2.32. The van der Waals surface area contributed by atoms with Crippen molar-refractivity contribution in [1.29, 1.82) is 0 Å². The summed E-state index contributed by atoms with van der Waals surface area (Å²) in [6.45, 7) is 8.46. The molecule has 1 unspecified atom stereocenters. The molecule has 1 aromatic rings. The zero-order chi connectivity index (χ0) is 16.1. The zero-order valence-electron chi connectivity index (χ0n) is 13.9. The van der Waals surface area contributed by atoms with E-state index in [9.17, 15) is 4.79 Å². The van der Waals surface area contributed by atoms with E-state index in [-0.39, 0.29) is 5.91 Å². The largest absolute Gasteiger partial charge is 0.325 e. The number of amides is 1. The molecule has 1 aromatic carbocycles. The van der Waals surface area contributed by atoms with E-state index in [1.54, 1.807) is 6.92 Å². The minimum atomic E-state index is -0.0218. The van der Waals surface area contributed by atoms with Crippen LogP contribution in [0.5, 0.6) is 0 Å². The topological polar surface area (TPSA) is 32.3 Å². The molecule has 122 valence electrons. The number of rotatable bonds is 6. The maximum Gasteiger partial charge on any atom is 0.221 e. The van der Waals surface area contributed by atoms with Gasteiger partial charge < -0.3 is 10.2 Å². The van der Waals surface area contributed by atoms with E-state index in [2.05, 4.69) is 52.1 Å². The van der Waals surface area contributed by atoms with E-state index in [0.29, 0.717) is 6.04 Å². The van der Waals surface area contributed by atoms with Crippen molar-refractivity contribution in [2.24, 2.45) is 0 Å². The molecule has 0 radical (unpaired) electrons. The lowest BCUT2D eigenvalue weighted by Crippen LogP contribution is -2.40. The number of carbonyl (C=O) groups is 1. The third-order valence-electron chi connectivity index (χ3n) is 4.34. The third-order valence-corrected chi connectivity index (χ3v) is 5.00. The quantitative estimate of drug-likeness (QED) is 0.809. The summed E-state index contributed by atoms with van der Waals surface area (Å²) >= 11 is 3.59. The first-order chi connectivity index (χ1) is 10.5. The molecule has 1 aliphatic carbocycles. The smallest absolute Gasteiger partial charge is 0.221 e. The van der Waals surface area contributed by atoms with Gasteiger partial charge in [0.2, 0.25) is 5.91 Å². The first-order valence-corrected chi connectivity index (χ1v) is 9.17. The number of aryl methyl sites for hydroxylation is 1. The first kappa shape index (κ1) is 17.5. The summed E-state index contributed by atoms with van der Waals surface area (Å²) < 4.78 is 0.986. The molecule has 1 amide bonds. The van der Waals surface area contributed by atoms with Crippen LogP contribution >= 0.6 is 15.9 Å². The van der Waals surface area contributed by atoms with Gasteiger partial charge in [0.05, 0.1) is 5.69 Å². The molecule has 0 spiro atoms. The van der Waals surface area contributed by atoms with Crippen LogP contribution in [-0.4, -0.2) is 29.9 Å². The standard InChI is InChI=1S/C18H27BrN2O/c1-4-8-21(9-5-2)16-7-6-14-12-18(20-13(3)22)17(19)11-15(14)10-16/h11-12,16H,4-10H2,1-3H3,(H,20,22). The lowest BCUT2D eigenvalue weighted by Gasteiger charge is -2.35. The summed E-state index contributed by atoms with van der Waals surface area (Å²) in [6, 6.07) is 5.00. The molecule has 0 saturated heterocycles. The van der Waals surface area contributed by atoms with Crippen molar-refractivity contribution in [1.82, 2.24) is 4.90 Å². The van der Waals surface area contributed by atoms with E-state index >= 15 is 0 Å². The van der Waals surface area contributed by atoms with Crippen LogP contribution in [0.4, 0.5) is 5.69 Å². The SMILES string of the molecule is CCCN(CCC)C1CCc2cc(NC(C)=O)c(Br)cc2C1. The average Bonchev–Trinajstić information content (AvgIpc) is 2.47. The molecule has 0 fully saturated rings. The van der Waals surface area contributed by atoms with Crippen LogP contribution in [0.1, 0.15) is 51.2 Å². The van der Waals surface area contributed by atoms with Gasteiger partial charge >= 0.3 is 0 Å². The zero-order valence-corrected chi connectivity index (χ0v) is 15.5. The second kappa shape index (κ2) is 8.11. The van der Waals surface area contributed by atoms with E-state index < -0.39 is 0 Å². The minimum Gasteiger partial charge on any atom is -0.325 e. The summed E-state index contributed by atoms with van der Waals surface area (Å²) in [4.78, 5) is 13.9.